The molecule has 0 aromatic heterocycles. The lowest BCUT2D eigenvalue weighted by Gasteiger charge is -2.48. The highest BCUT2D eigenvalue weighted by Crippen LogP contribution is 2.46. The van der Waals surface area contributed by atoms with Gasteiger partial charge >= 0.3 is 0 Å². The van der Waals surface area contributed by atoms with Gasteiger partial charge in [0.2, 0.25) is 5.91 Å². The smallest absolute Gasteiger partial charge is 0.233 e. The molecular weight excluding hydrogens is 341 g/mol. The molecule has 2 atom stereocenters. The molecule has 4 heteroatoms. The number of carbonyl (C=O) groups is 1. The number of phenolic OH excluding ortho intramolecular Hbond substituents is 1. The van der Waals surface area contributed by atoms with Gasteiger partial charge in [0, 0.05) is 6.54 Å². The zero-order valence-corrected chi connectivity index (χ0v) is 14.8. The molecule has 1 N–H and O–H groups in total. The molecule has 3 nitrogen and oxygen atoms in total. The molecule has 0 radical (unpaired) electrons. The molecule has 0 bridgehead atoms. The Morgan fingerprint density at radius 2 is 1.48 bits per heavy atom. The first-order valence-corrected chi connectivity index (χ1v) is 9.02. The van der Waals surface area contributed by atoms with E-state index in [1.54, 1.807) is 24.3 Å². The van der Waals surface area contributed by atoms with E-state index in [2.05, 4.69) is 12.1 Å². The Kier molecular flexibility index (Phi) is 4.63. The molecule has 0 saturated carbocycles. The summed E-state index contributed by atoms with van der Waals surface area (Å²) in [5.74, 6) is -0.396. The van der Waals surface area contributed by atoms with Gasteiger partial charge in [-0.15, -0.1) is 0 Å². The maximum atomic E-state index is 13.3. The van der Waals surface area contributed by atoms with E-state index in [4.69, 9.17) is 0 Å². The monoisotopic (exact) mass is 361 g/mol. The van der Waals surface area contributed by atoms with Crippen LogP contribution in [0.15, 0.2) is 78.9 Å². The van der Waals surface area contributed by atoms with Gasteiger partial charge < -0.3 is 10.0 Å². The molecule has 0 unspecified atom stereocenters. The van der Waals surface area contributed by atoms with Crippen molar-refractivity contribution in [2.75, 3.05) is 6.54 Å². The third-order valence-corrected chi connectivity index (χ3v) is 5.15. The standard InChI is InChI=1S/C23H20FNO2/c24-19-10-6-17(7-11-19)21-22(18-8-12-20(26)13-9-18)25(23(21)27)15-14-16-4-2-1-3-5-16/h1-13,21-22,26H,14-15H2/t21-,22+/m1/s1. The number of β-lactam (4-membered cyclic amide) rings is 1. The SMILES string of the molecule is O=C1[C@H](c2ccc(F)cc2)[C@H](c2ccc(O)cc2)N1CCc1ccccc1. The number of hydrogen-bond donors (Lipinski definition) is 1. The van der Waals surface area contributed by atoms with Crippen LogP contribution < -0.4 is 0 Å². The molecule has 1 heterocycles. The average molecular weight is 361 g/mol. The van der Waals surface area contributed by atoms with Crippen molar-refractivity contribution in [2.24, 2.45) is 0 Å². The van der Waals surface area contributed by atoms with Crippen LogP contribution in [0.25, 0.3) is 0 Å². The highest BCUT2D eigenvalue weighted by Gasteiger charge is 2.48. The van der Waals surface area contributed by atoms with Crippen molar-refractivity contribution in [3.8, 4) is 5.75 Å². The summed E-state index contributed by atoms with van der Waals surface area (Å²) in [4.78, 5) is 14.8. The minimum absolute atomic E-state index is 0.0515. The summed E-state index contributed by atoms with van der Waals surface area (Å²) in [5, 5.41) is 9.59. The van der Waals surface area contributed by atoms with E-state index in [9.17, 15) is 14.3 Å². The maximum Gasteiger partial charge on any atom is 0.233 e. The zero-order valence-electron chi connectivity index (χ0n) is 14.8. The minimum Gasteiger partial charge on any atom is -0.508 e. The first-order chi connectivity index (χ1) is 13.1. The molecule has 0 spiro atoms. The normalized spacial score (nSPS) is 19.0. The van der Waals surface area contributed by atoms with Crippen LogP contribution in [-0.2, 0) is 11.2 Å². The van der Waals surface area contributed by atoms with E-state index in [0.717, 1.165) is 17.5 Å². The number of amides is 1. The van der Waals surface area contributed by atoms with Crippen LogP contribution in [0, 0.1) is 5.82 Å². The first kappa shape index (κ1) is 17.3. The Morgan fingerprint density at radius 3 is 2.15 bits per heavy atom. The maximum absolute atomic E-state index is 13.3. The molecule has 3 aromatic carbocycles. The van der Waals surface area contributed by atoms with Gasteiger partial charge in [-0.25, -0.2) is 4.39 Å². The second-order valence-electron chi connectivity index (χ2n) is 6.83. The second-order valence-corrected chi connectivity index (χ2v) is 6.83. The highest BCUT2D eigenvalue weighted by molar-refractivity contribution is 5.91. The van der Waals surface area contributed by atoms with Gasteiger partial charge in [-0.1, -0.05) is 54.6 Å². The summed E-state index contributed by atoms with van der Waals surface area (Å²) in [6, 6.07) is 23.1. The third kappa shape index (κ3) is 3.43. The number of nitrogens with zero attached hydrogens (tertiary/aromatic N) is 1. The van der Waals surface area contributed by atoms with Gasteiger partial charge in [0.25, 0.3) is 0 Å². The number of rotatable bonds is 5. The van der Waals surface area contributed by atoms with E-state index < -0.39 is 0 Å². The lowest BCUT2D eigenvalue weighted by atomic mass is 9.77. The van der Waals surface area contributed by atoms with Crippen molar-refractivity contribution in [2.45, 2.75) is 18.4 Å². The summed E-state index contributed by atoms with van der Waals surface area (Å²) >= 11 is 0. The van der Waals surface area contributed by atoms with Gasteiger partial charge in [-0.2, -0.15) is 0 Å². The van der Waals surface area contributed by atoms with Gasteiger partial charge in [-0.05, 0) is 47.4 Å². The predicted octanol–water partition coefficient (Wildman–Crippen LogP) is 4.44. The molecule has 4 rings (SSSR count). The van der Waals surface area contributed by atoms with Crippen molar-refractivity contribution in [1.82, 2.24) is 4.90 Å². The quantitative estimate of drug-likeness (QED) is 0.683. The van der Waals surface area contributed by atoms with Gasteiger partial charge in [-0.3, -0.25) is 4.79 Å². The largest absolute Gasteiger partial charge is 0.508 e. The summed E-state index contributed by atoms with van der Waals surface area (Å²) < 4.78 is 13.3. The van der Waals surface area contributed by atoms with Gasteiger partial charge in [0.05, 0.1) is 12.0 Å². The molecule has 1 amide bonds. The molecule has 27 heavy (non-hydrogen) atoms. The number of halogens is 1. The van der Waals surface area contributed by atoms with E-state index >= 15 is 0 Å². The van der Waals surface area contributed by atoms with Gasteiger partial charge in [0.15, 0.2) is 0 Å². The highest BCUT2D eigenvalue weighted by atomic mass is 19.1. The molecule has 1 aliphatic rings. The van der Waals surface area contributed by atoms with E-state index in [-0.39, 0.29) is 29.4 Å². The molecule has 1 saturated heterocycles. The van der Waals surface area contributed by atoms with Crippen LogP contribution in [0.3, 0.4) is 0 Å². The lowest BCUT2D eigenvalue weighted by molar-refractivity contribution is -0.150. The van der Waals surface area contributed by atoms with E-state index in [1.807, 2.05) is 35.2 Å². The van der Waals surface area contributed by atoms with Crippen LogP contribution in [0.5, 0.6) is 5.75 Å². The van der Waals surface area contributed by atoms with Crippen LogP contribution in [-0.4, -0.2) is 22.5 Å². The average Bonchev–Trinajstić information content (AvgIpc) is 2.69. The predicted molar refractivity (Wildman–Crippen MR) is 102 cm³/mol. The fourth-order valence-electron chi connectivity index (χ4n) is 3.73. The van der Waals surface area contributed by atoms with Gasteiger partial charge in [0.1, 0.15) is 11.6 Å². The Balaban J connectivity index is 1.61. The number of carbonyl (C=O) groups excluding carboxylic acids is 1. The summed E-state index contributed by atoms with van der Waals surface area (Å²) in [5.41, 5.74) is 2.96. The fourth-order valence-corrected chi connectivity index (χ4v) is 3.73. The molecular formula is C23H20FNO2. The van der Waals surface area contributed by atoms with Crippen LogP contribution in [0.1, 0.15) is 28.7 Å². The molecule has 1 fully saturated rings. The Bertz CT molecular complexity index is 923. The summed E-state index contributed by atoms with van der Waals surface area (Å²) in [7, 11) is 0. The van der Waals surface area contributed by atoms with E-state index in [1.165, 1.54) is 17.7 Å². The van der Waals surface area contributed by atoms with Crippen molar-refractivity contribution >= 4 is 5.91 Å². The Hall–Kier alpha value is -3.14. The number of hydrogen-bond acceptors (Lipinski definition) is 2. The fraction of sp³-hybridized carbons (Fsp3) is 0.174. The molecule has 1 aliphatic heterocycles. The number of aromatic hydroxyl groups is 1. The topological polar surface area (TPSA) is 40.5 Å². The number of likely N-dealkylation sites (tertiary alicyclic amines) is 1. The Labute approximate surface area is 157 Å². The van der Waals surface area contributed by atoms with E-state index in [0.29, 0.717) is 6.54 Å². The second kappa shape index (κ2) is 7.23. The molecule has 136 valence electrons. The summed E-state index contributed by atoms with van der Waals surface area (Å²) in [6.45, 7) is 0.617. The Morgan fingerprint density at radius 1 is 0.852 bits per heavy atom. The van der Waals surface area contributed by atoms with Crippen molar-refractivity contribution in [3.63, 3.8) is 0 Å². The molecule has 0 aliphatic carbocycles. The third-order valence-electron chi connectivity index (χ3n) is 5.15. The summed E-state index contributed by atoms with van der Waals surface area (Å²) in [6.07, 6.45) is 0.775. The number of phenols is 1. The van der Waals surface area contributed by atoms with Crippen LogP contribution in [0.4, 0.5) is 4.39 Å². The minimum atomic E-state index is -0.328. The van der Waals surface area contributed by atoms with Crippen LogP contribution >= 0.6 is 0 Å². The van der Waals surface area contributed by atoms with Crippen molar-refractivity contribution in [1.29, 1.82) is 0 Å². The van der Waals surface area contributed by atoms with Crippen molar-refractivity contribution < 1.29 is 14.3 Å². The van der Waals surface area contributed by atoms with Crippen molar-refractivity contribution in [3.05, 3.63) is 101 Å². The molecule has 3 aromatic rings. The first-order valence-electron chi connectivity index (χ1n) is 9.02. The van der Waals surface area contributed by atoms with Crippen LogP contribution in [0.2, 0.25) is 0 Å². The number of benzene rings is 3. The lowest BCUT2D eigenvalue weighted by Crippen LogP contribution is -2.53. The zero-order chi connectivity index (χ0) is 18.8.